The number of carbonyl (C=O) groups is 2. The summed E-state index contributed by atoms with van der Waals surface area (Å²) in [7, 11) is 1.29. The van der Waals surface area contributed by atoms with Gasteiger partial charge in [0.1, 0.15) is 0 Å². The number of aryl methyl sites for hydroxylation is 2. The Labute approximate surface area is 134 Å². The van der Waals surface area contributed by atoms with E-state index in [4.69, 9.17) is 0 Å². The fourth-order valence-electron chi connectivity index (χ4n) is 2.15. The minimum absolute atomic E-state index is 0.192. The zero-order valence-corrected chi connectivity index (χ0v) is 13.3. The molecule has 6 heteroatoms. The summed E-state index contributed by atoms with van der Waals surface area (Å²) < 4.78 is 4.50. The minimum Gasteiger partial charge on any atom is -0.453 e. The molecule has 120 valence electrons. The molecule has 0 bridgehead atoms. The van der Waals surface area contributed by atoms with Crippen LogP contribution in [0.4, 0.5) is 10.5 Å². The van der Waals surface area contributed by atoms with Crippen LogP contribution in [0.2, 0.25) is 0 Å². The van der Waals surface area contributed by atoms with Gasteiger partial charge in [-0.05, 0) is 37.1 Å². The van der Waals surface area contributed by atoms with Crippen molar-refractivity contribution in [3.63, 3.8) is 0 Å². The fraction of sp³-hybridized carbons (Fsp3) is 0.235. The van der Waals surface area contributed by atoms with Crippen LogP contribution in [0.5, 0.6) is 0 Å². The third-order valence-electron chi connectivity index (χ3n) is 3.40. The molecule has 2 aromatic rings. The molecule has 0 atom stereocenters. The van der Waals surface area contributed by atoms with Crippen LogP contribution in [0, 0.1) is 13.8 Å². The van der Waals surface area contributed by atoms with Crippen LogP contribution in [0.15, 0.2) is 36.5 Å². The monoisotopic (exact) mass is 313 g/mol. The van der Waals surface area contributed by atoms with Crippen molar-refractivity contribution in [3.05, 3.63) is 58.9 Å². The Balaban J connectivity index is 2.12. The third kappa shape index (κ3) is 4.29. The molecule has 23 heavy (non-hydrogen) atoms. The lowest BCUT2D eigenvalue weighted by molar-refractivity contribution is 0.102. The maximum atomic E-state index is 12.4. The molecule has 2 rings (SSSR count). The van der Waals surface area contributed by atoms with E-state index in [0.717, 1.165) is 16.8 Å². The van der Waals surface area contributed by atoms with E-state index in [1.54, 1.807) is 12.1 Å². The number of nitrogens with one attached hydrogen (secondary N) is 2. The van der Waals surface area contributed by atoms with Gasteiger partial charge in [0.25, 0.3) is 5.91 Å². The highest BCUT2D eigenvalue weighted by Gasteiger charge is 2.11. The minimum atomic E-state index is -0.544. The molecule has 0 aliphatic carbocycles. The molecule has 0 fully saturated rings. The van der Waals surface area contributed by atoms with E-state index < -0.39 is 6.09 Å². The number of anilines is 1. The Hall–Kier alpha value is -2.89. The molecular weight excluding hydrogens is 294 g/mol. The molecule has 0 spiro atoms. The van der Waals surface area contributed by atoms with Crippen molar-refractivity contribution in [2.24, 2.45) is 0 Å². The number of rotatable bonds is 4. The van der Waals surface area contributed by atoms with Crippen molar-refractivity contribution in [1.29, 1.82) is 0 Å². The Kier molecular flexibility index (Phi) is 5.30. The largest absolute Gasteiger partial charge is 0.453 e. The van der Waals surface area contributed by atoms with Crippen molar-refractivity contribution in [2.75, 3.05) is 12.4 Å². The number of pyridine rings is 1. The number of para-hydroxylation sites is 1. The predicted octanol–water partition coefficient (Wildman–Crippen LogP) is 2.81. The lowest BCUT2D eigenvalue weighted by Gasteiger charge is -2.12. The van der Waals surface area contributed by atoms with Crippen molar-refractivity contribution in [3.8, 4) is 0 Å². The zero-order chi connectivity index (χ0) is 16.8. The second-order valence-corrected chi connectivity index (χ2v) is 5.10. The molecular formula is C17H19N3O3. The number of amides is 2. The Morgan fingerprint density at radius 3 is 2.52 bits per heavy atom. The van der Waals surface area contributed by atoms with Crippen LogP contribution in [-0.2, 0) is 11.3 Å². The molecule has 0 saturated heterocycles. The van der Waals surface area contributed by atoms with Gasteiger partial charge in [0.2, 0.25) is 0 Å². The number of benzene rings is 1. The summed E-state index contributed by atoms with van der Waals surface area (Å²) in [5.41, 5.74) is 3.86. The SMILES string of the molecule is COC(=O)NCc1cc(C(=O)Nc2c(C)cccc2C)ccn1. The van der Waals surface area contributed by atoms with Crippen LogP contribution in [0.25, 0.3) is 0 Å². The first-order valence-electron chi connectivity index (χ1n) is 7.15. The van der Waals surface area contributed by atoms with Gasteiger partial charge in [0, 0.05) is 17.4 Å². The first-order chi connectivity index (χ1) is 11.0. The predicted molar refractivity (Wildman–Crippen MR) is 87.4 cm³/mol. The molecule has 0 aliphatic heterocycles. The van der Waals surface area contributed by atoms with Crippen LogP contribution in [0.3, 0.4) is 0 Å². The van der Waals surface area contributed by atoms with Crippen LogP contribution in [-0.4, -0.2) is 24.1 Å². The molecule has 0 saturated carbocycles. The van der Waals surface area contributed by atoms with Gasteiger partial charge < -0.3 is 15.4 Å². The standard InChI is InChI=1S/C17H19N3O3/c1-11-5-4-6-12(2)15(11)20-16(21)13-7-8-18-14(9-13)10-19-17(22)23-3/h4-9H,10H2,1-3H3,(H,19,22)(H,20,21). The van der Waals surface area contributed by atoms with E-state index in [2.05, 4.69) is 20.4 Å². The number of nitrogens with zero attached hydrogens (tertiary/aromatic N) is 1. The van der Waals surface area contributed by atoms with Gasteiger partial charge in [-0.1, -0.05) is 18.2 Å². The van der Waals surface area contributed by atoms with Gasteiger partial charge in [-0.15, -0.1) is 0 Å². The first kappa shape index (κ1) is 16.5. The molecule has 0 radical (unpaired) electrons. The van der Waals surface area contributed by atoms with Crippen LogP contribution in [0.1, 0.15) is 27.2 Å². The van der Waals surface area contributed by atoms with E-state index in [0.29, 0.717) is 11.3 Å². The van der Waals surface area contributed by atoms with Gasteiger partial charge in [0.05, 0.1) is 19.3 Å². The number of methoxy groups -OCH3 is 1. The summed E-state index contributed by atoms with van der Waals surface area (Å²) in [5.74, 6) is -0.218. The van der Waals surface area contributed by atoms with Crippen LogP contribution >= 0.6 is 0 Å². The highest BCUT2D eigenvalue weighted by Crippen LogP contribution is 2.20. The lowest BCUT2D eigenvalue weighted by Crippen LogP contribution is -2.23. The highest BCUT2D eigenvalue weighted by molar-refractivity contribution is 6.05. The number of hydrogen-bond acceptors (Lipinski definition) is 4. The van der Waals surface area contributed by atoms with Gasteiger partial charge in [-0.2, -0.15) is 0 Å². The molecule has 2 N–H and O–H groups in total. The number of hydrogen-bond donors (Lipinski definition) is 2. The number of carbonyl (C=O) groups excluding carboxylic acids is 2. The van der Waals surface area contributed by atoms with Crippen molar-refractivity contribution in [1.82, 2.24) is 10.3 Å². The van der Waals surface area contributed by atoms with Crippen molar-refractivity contribution < 1.29 is 14.3 Å². The van der Waals surface area contributed by atoms with Gasteiger partial charge in [0.15, 0.2) is 0 Å². The van der Waals surface area contributed by atoms with E-state index >= 15 is 0 Å². The fourth-order valence-corrected chi connectivity index (χ4v) is 2.15. The van der Waals surface area contributed by atoms with E-state index in [9.17, 15) is 9.59 Å². The lowest BCUT2D eigenvalue weighted by atomic mass is 10.1. The maximum absolute atomic E-state index is 12.4. The summed E-state index contributed by atoms with van der Waals surface area (Å²) in [6.07, 6.45) is 0.991. The molecule has 6 nitrogen and oxygen atoms in total. The summed E-state index contributed by atoms with van der Waals surface area (Å²) in [5, 5.41) is 5.45. The summed E-state index contributed by atoms with van der Waals surface area (Å²) in [6.45, 7) is 4.08. The third-order valence-corrected chi connectivity index (χ3v) is 3.40. The first-order valence-corrected chi connectivity index (χ1v) is 7.15. The van der Waals surface area contributed by atoms with Crippen LogP contribution < -0.4 is 10.6 Å². The van der Waals surface area contributed by atoms with E-state index in [1.165, 1.54) is 13.3 Å². The second-order valence-electron chi connectivity index (χ2n) is 5.10. The number of aromatic nitrogens is 1. The van der Waals surface area contributed by atoms with E-state index in [-0.39, 0.29) is 12.5 Å². The van der Waals surface area contributed by atoms with E-state index in [1.807, 2.05) is 32.0 Å². The van der Waals surface area contributed by atoms with Gasteiger partial charge in [-0.3, -0.25) is 9.78 Å². The summed E-state index contributed by atoms with van der Waals surface area (Å²) in [4.78, 5) is 27.6. The van der Waals surface area contributed by atoms with Gasteiger partial charge in [-0.25, -0.2) is 4.79 Å². The molecule has 1 heterocycles. The van der Waals surface area contributed by atoms with Crippen molar-refractivity contribution >= 4 is 17.7 Å². The molecule has 1 aromatic heterocycles. The normalized spacial score (nSPS) is 10.0. The molecule has 1 aromatic carbocycles. The maximum Gasteiger partial charge on any atom is 0.407 e. The molecule has 2 amide bonds. The topological polar surface area (TPSA) is 80.3 Å². The highest BCUT2D eigenvalue weighted by atomic mass is 16.5. The Morgan fingerprint density at radius 2 is 1.87 bits per heavy atom. The summed E-state index contributed by atoms with van der Waals surface area (Å²) >= 11 is 0. The number of alkyl carbamates (subject to hydrolysis) is 1. The number of ether oxygens (including phenoxy) is 1. The molecule has 0 unspecified atom stereocenters. The summed E-state index contributed by atoms with van der Waals surface area (Å²) in [6, 6.07) is 9.11. The Morgan fingerprint density at radius 1 is 1.17 bits per heavy atom. The molecule has 0 aliphatic rings. The zero-order valence-electron chi connectivity index (χ0n) is 13.3. The van der Waals surface area contributed by atoms with Gasteiger partial charge >= 0.3 is 6.09 Å². The quantitative estimate of drug-likeness (QED) is 0.909. The Bertz CT molecular complexity index is 709. The smallest absolute Gasteiger partial charge is 0.407 e. The average Bonchev–Trinajstić information content (AvgIpc) is 2.56. The van der Waals surface area contributed by atoms with Crippen molar-refractivity contribution in [2.45, 2.75) is 20.4 Å². The second kappa shape index (κ2) is 7.40. The average molecular weight is 313 g/mol.